The Morgan fingerprint density at radius 3 is 2.47 bits per heavy atom. The van der Waals surface area contributed by atoms with Crippen LogP contribution in [0.15, 0.2) is 18.2 Å². The number of aromatic carboxylic acids is 1. The van der Waals surface area contributed by atoms with Gasteiger partial charge in [-0.15, -0.1) is 0 Å². The molecule has 0 unspecified atom stereocenters. The number of carboxylic acids is 1. The van der Waals surface area contributed by atoms with Crippen LogP contribution in [0.4, 0.5) is 18.9 Å². The number of hydrogen-bond donors (Lipinski definition) is 2. The average molecular weight is 272 g/mol. The largest absolute Gasteiger partial charge is 0.478 e. The molecular formula is C11H7F3N2O3. The number of benzene rings is 1. The number of hydrogen-bond acceptors (Lipinski definition) is 3. The standard InChI is InChI=1S/C11H7F3N2O3/c12-11(13,14)6-1-2-7(10(18)19)8(5-6)16-9(17)3-4-15/h1-2,5H,3H2,(H,16,17)(H,18,19). The molecule has 2 N–H and O–H groups in total. The van der Waals surface area contributed by atoms with E-state index in [0.717, 1.165) is 6.07 Å². The molecule has 100 valence electrons. The molecule has 1 aromatic carbocycles. The summed E-state index contributed by atoms with van der Waals surface area (Å²) in [5.41, 5.74) is -2.08. The molecule has 1 amide bonds. The summed E-state index contributed by atoms with van der Waals surface area (Å²) < 4.78 is 37.4. The maximum absolute atomic E-state index is 12.5. The SMILES string of the molecule is N#CCC(=O)Nc1cc(C(F)(F)F)ccc1C(=O)O. The van der Waals surface area contributed by atoms with E-state index in [9.17, 15) is 22.8 Å². The number of alkyl halides is 3. The van der Waals surface area contributed by atoms with Gasteiger partial charge < -0.3 is 10.4 Å². The summed E-state index contributed by atoms with van der Waals surface area (Å²) in [4.78, 5) is 22.0. The van der Waals surface area contributed by atoms with Crippen LogP contribution in [0, 0.1) is 11.3 Å². The Morgan fingerprint density at radius 1 is 1.37 bits per heavy atom. The average Bonchev–Trinajstić information content (AvgIpc) is 2.27. The third-order valence-electron chi connectivity index (χ3n) is 2.09. The summed E-state index contributed by atoms with van der Waals surface area (Å²) in [6.07, 6.45) is -5.25. The zero-order valence-electron chi connectivity index (χ0n) is 9.28. The van der Waals surface area contributed by atoms with E-state index >= 15 is 0 Å². The molecule has 0 radical (unpaired) electrons. The number of nitriles is 1. The first kappa shape index (κ1) is 14.5. The van der Waals surface area contributed by atoms with Crippen LogP contribution in [-0.4, -0.2) is 17.0 Å². The van der Waals surface area contributed by atoms with Crippen molar-refractivity contribution in [1.82, 2.24) is 0 Å². The summed E-state index contributed by atoms with van der Waals surface area (Å²) in [5.74, 6) is -2.37. The van der Waals surface area contributed by atoms with E-state index in [4.69, 9.17) is 10.4 Å². The number of nitrogens with zero attached hydrogens (tertiary/aromatic N) is 1. The second-order valence-corrected chi connectivity index (χ2v) is 3.45. The number of carbonyl (C=O) groups is 2. The molecule has 0 spiro atoms. The van der Waals surface area contributed by atoms with Gasteiger partial charge in [-0.3, -0.25) is 4.79 Å². The fraction of sp³-hybridized carbons (Fsp3) is 0.182. The van der Waals surface area contributed by atoms with Crippen molar-refractivity contribution in [2.24, 2.45) is 0 Å². The number of nitrogens with one attached hydrogen (secondary N) is 1. The third kappa shape index (κ3) is 3.70. The van der Waals surface area contributed by atoms with Crippen LogP contribution >= 0.6 is 0 Å². The van der Waals surface area contributed by atoms with Gasteiger partial charge in [0.25, 0.3) is 0 Å². The van der Waals surface area contributed by atoms with Crippen molar-refractivity contribution < 1.29 is 27.9 Å². The van der Waals surface area contributed by atoms with E-state index in [1.807, 2.05) is 5.32 Å². The molecule has 0 atom stereocenters. The highest BCUT2D eigenvalue weighted by Crippen LogP contribution is 2.32. The Kier molecular flexibility index (Phi) is 4.11. The molecule has 0 aliphatic carbocycles. The Bertz CT molecular complexity index is 561. The molecule has 0 aromatic heterocycles. The lowest BCUT2D eigenvalue weighted by molar-refractivity contribution is -0.137. The van der Waals surface area contributed by atoms with Crippen molar-refractivity contribution >= 4 is 17.6 Å². The fourth-order valence-electron chi connectivity index (χ4n) is 1.28. The maximum Gasteiger partial charge on any atom is 0.416 e. The molecule has 1 rings (SSSR count). The normalized spacial score (nSPS) is 10.6. The molecule has 1 aromatic rings. The van der Waals surface area contributed by atoms with Gasteiger partial charge in [0, 0.05) is 0 Å². The molecular weight excluding hydrogens is 265 g/mol. The van der Waals surface area contributed by atoms with Crippen molar-refractivity contribution in [3.8, 4) is 6.07 Å². The number of rotatable bonds is 3. The van der Waals surface area contributed by atoms with Crippen LogP contribution in [-0.2, 0) is 11.0 Å². The highest BCUT2D eigenvalue weighted by Gasteiger charge is 2.31. The zero-order valence-corrected chi connectivity index (χ0v) is 9.28. The van der Waals surface area contributed by atoms with Gasteiger partial charge in [0.05, 0.1) is 22.9 Å². The Labute approximate surface area is 105 Å². The topological polar surface area (TPSA) is 90.2 Å². The van der Waals surface area contributed by atoms with Gasteiger partial charge in [-0.1, -0.05) is 0 Å². The molecule has 0 aliphatic heterocycles. The first-order valence-electron chi connectivity index (χ1n) is 4.87. The molecule has 0 aliphatic rings. The van der Waals surface area contributed by atoms with Crippen molar-refractivity contribution in [1.29, 1.82) is 5.26 Å². The minimum Gasteiger partial charge on any atom is -0.478 e. The zero-order chi connectivity index (χ0) is 14.6. The minimum atomic E-state index is -4.66. The molecule has 0 bridgehead atoms. The summed E-state index contributed by atoms with van der Waals surface area (Å²) in [6, 6.07) is 3.36. The van der Waals surface area contributed by atoms with Crippen molar-refractivity contribution in [3.05, 3.63) is 29.3 Å². The van der Waals surface area contributed by atoms with Gasteiger partial charge in [-0.2, -0.15) is 18.4 Å². The van der Waals surface area contributed by atoms with E-state index in [-0.39, 0.29) is 0 Å². The number of amides is 1. The molecule has 0 heterocycles. The molecule has 8 heteroatoms. The lowest BCUT2D eigenvalue weighted by Crippen LogP contribution is -2.15. The molecule has 0 saturated carbocycles. The predicted molar refractivity (Wildman–Crippen MR) is 57.3 cm³/mol. The summed E-state index contributed by atoms with van der Waals surface area (Å²) in [7, 11) is 0. The Morgan fingerprint density at radius 2 is 2.00 bits per heavy atom. The van der Waals surface area contributed by atoms with Crippen molar-refractivity contribution in [2.45, 2.75) is 12.6 Å². The van der Waals surface area contributed by atoms with E-state index in [1.54, 1.807) is 0 Å². The fourth-order valence-corrected chi connectivity index (χ4v) is 1.28. The minimum absolute atomic E-state index is 0.487. The first-order chi connectivity index (χ1) is 8.75. The first-order valence-corrected chi connectivity index (χ1v) is 4.87. The molecule has 19 heavy (non-hydrogen) atoms. The highest BCUT2D eigenvalue weighted by molar-refractivity contribution is 6.01. The Hall–Kier alpha value is -2.56. The van der Waals surface area contributed by atoms with Crippen LogP contribution in [0.5, 0.6) is 0 Å². The summed E-state index contributed by atoms with van der Waals surface area (Å²) in [6.45, 7) is 0. The lowest BCUT2D eigenvalue weighted by Gasteiger charge is -2.11. The molecule has 5 nitrogen and oxygen atoms in total. The monoisotopic (exact) mass is 272 g/mol. The number of anilines is 1. The number of carbonyl (C=O) groups excluding carboxylic acids is 1. The number of halogens is 3. The van der Waals surface area contributed by atoms with Crippen LogP contribution in [0.2, 0.25) is 0 Å². The van der Waals surface area contributed by atoms with Gasteiger partial charge in [-0.05, 0) is 18.2 Å². The molecule has 0 fully saturated rings. The van der Waals surface area contributed by atoms with E-state index in [1.165, 1.54) is 6.07 Å². The van der Waals surface area contributed by atoms with Gasteiger partial charge in [0.15, 0.2) is 0 Å². The van der Waals surface area contributed by atoms with Gasteiger partial charge in [0.1, 0.15) is 6.42 Å². The molecule has 0 saturated heterocycles. The van der Waals surface area contributed by atoms with Gasteiger partial charge in [0.2, 0.25) is 5.91 Å². The van der Waals surface area contributed by atoms with Crippen LogP contribution < -0.4 is 5.32 Å². The second-order valence-electron chi connectivity index (χ2n) is 3.45. The third-order valence-corrected chi connectivity index (χ3v) is 2.09. The van der Waals surface area contributed by atoms with E-state index < -0.39 is 41.3 Å². The summed E-state index contributed by atoms with van der Waals surface area (Å²) >= 11 is 0. The smallest absolute Gasteiger partial charge is 0.416 e. The van der Waals surface area contributed by atoms with Gasteiger partial charge >= 0.3 is 12.1 Å². The lowest BCUT2D eigenvalue weighted by atomic mass is 10.1. The predicted octanol–water partition coefficient (Wildman–Crippen LogP) is 2.26. The van der Waals surface area contributed by atoms with Gasteiger partial charge in [-0.25, -0.2) is 4.79 Å². The highest BCUT2D eigenvalue weighted by atomic mass is 19.4. The summed E-state index contributed by atoms with van der Waals surface area (Å²) in [5, 5.41) is 19.0. The van der Waals surface area contributed by atoms with Crippen LogP contribution in [0.1, 0.15) is 22.3 Å². The van der Waals surface area contributed by atoms with E-state index in [0.29, 0.717) is 12.1 Å². The number of carboxylic acid groups (broad SMARTS) is 1. The van der Waals surface area contributed by atoms with Crippen molar-refractivity contribution in [2.75, 3.05) is 5.32 Å². The van der Waals surface area contributed by atoms with Crippen LogP contribution in [0.3, 0.4) is 0 Å². The van der Waals surface area contributed by atoms with Crippen LogP contribution in [0.25, 0.3) is 0 Å². The quantitative estimate of drug-likeness (QED) is 0.883. The second kappa shape index (κ2) is 5.39. The Balaban J connectivity index is 3.21. The maximum atomic E-state index is 12.5. The van der Waals surface area contributed by atoms with E-state index in [2.05, 4.69) is 0 Å². The van der Waals surface area contributed by atoms with Crippen molar-refractivity contribution in [3.63, 3.8) is 0 Å².